The molecule has 1 aliphatic carbocycles. The molecule has 1 saturated carbocycles. The number of esters is 1. The third-order valence-corrected chi connectivity index (χ3v) is 4.53. The van der Waals surface area contributed by atoms with Gasteiger partial charge in [-0.1, -0.05) is 51.7 Å². The monoisotopic (exact) mass is 336 g/mol. The van der Waals surface area contributed by atoms with E-state index in [4.69, 9.17) is 4.74 Å². The Labute approximate surface area is 147 Å². The number of benzene rings is 1. The molecule has 0 aliphatic heterocycles. The first-order valence-corrected chi connectivity index (χ1v) is 9.74. The van der Waals surface area contributed by atoms with E-state index in [9.17, 15) is 4.79 Å². The van der Waals surface area contributed by atoms with Crippen LogP contribution in [0.1, 0.15) is 87.1 Å². The predicted octanol–water partition coefficient (Wildman–Crippen LogP) is 6.02. The van der Waals surface area contributed by atoms with Gasteiger partial charge in [0.25, 0.3) is 0 Å². The maximum atomic E-state index is 11.7. The molecule has 3 heteroatoms. The molecule has 1 fully saturated rings. The zero-order valence-corrected chi connectivity index (χ0v) is 15.6. The Kier molecular flexibility index (Phi) is 10.9. The van der Waals surface area contributed by atoms with Crippen molar-refractivity contribution in [1.82, 2.24) is 0 Å². The van der Waals surface area contributed by atoms with Gasteiger partial charge in [0.15, 0.2) is 0 Å². The van der Waals surface area contributed by atoms with E-state index >= 15 is 0 Å². The first-order valence-electron chi connectivity index (χ1n) is 9.10. The lowest BCUT2D eigenvalue weighted by atomic mass is 9.80. The first-order chi connectivity index (χ1) is 11.2. The van der Waals surface area contributed by atoms with E-state index in [1.165, 1.54) is 44.1 Å². The van der Waals surface area contributed by atoms with Crippen LogP contribution in [0.25, 0.3) is 0 Å². The average molecular weight is 337 g/mol. The van der Waals surface area contributed by atoms with E-state index in [1.54, 1.807) is 0 Å². The number of unbranched alkanes of at least 4 members (excludes halogenated alkanes) is 3. The number of hydrogen-bond donors (Lipinski definition) is 1. The fraction of sp³-hybridized carbons (Fsp3) is 0.650. The Morgan fingerprint density at radius 1 is 1.09 bits per heavy atom. The van der Waals surface area contributed by atoms with E-state index in [-0.39, 0.29) is 5.97 Å². The molecule has 1 aromatic rings. The molecule has 0 amide bonds. The molecule has 0 radical (unpaired) electrons. The van der Waals surface area contributed by atoms with Crippen molar-refractivity contribution >= 4 is 18.6 Å². The number of carbonyl (C=O) groups is 1. The normalized spacial score (nSPS) is 13.7. The third-order valence-electron chi connectivity index (χ3n) is 4.22. The molecule has 1 aromatic carbocycles. The Balaban J connectivity index is 0.000000463. The molecule has 0 bridgehead atoms. The highest BCUT2D eigenvalue weighted by Gasteiger charge is 2.19. The van der Waals surface area contributed by atoms with Gasteiger partial charge in [-0.3, -0.25) is 0 Å². The number of thiol groups is 1. The van der Waals surface area contributed by atoms with Crippen molar-refractivity contribution in [1.29, 1.82) is 0 Å². The summed E-state index contributed by atoms with van der Waals surface area (Å²) in [5, 5.41) is 0. The molecular formula is C20H32O2S. The van der Waals surface area contributed by atoms with Crippen LogP contribution in [0.3, 0.4) is 0 Å². The lowest BCUT2D eigenvalue weighted by Crippen LogP contribution is -2.10. The summed E-state index contributed by atoms with van der Waals surface area (Å²) in [6.07, 6.45) is 9.85. The van der Waals surface area contributed by atoms with Crippen molar-refractivity contribution in [2.24, 2.45) is 0 Å². The van der Waals surface area contributed by atoms with Crippen LogP contribution in [0.5, 0.6) is 0 Å². The van der Waals surface area contributed by atoms with Crippen molar-refractivity contribution in [3.63, 3.8) is 0 Å². The molecule has 0 N–H and O–H groups in total. The molecule has 0 heterocycles. The van der Waals surface area contributed by atoms with Gasteiger partial charge >= 0.3 is 5.97 Å². The molecular weight excluding hydrogens is 304 g/mol. The van der Waals surface area contributed by atoms with Crippen LogP contribution in [0, 0.1) is 0 Å². The van der Waals surface area contributed by atoms with Crippen molar-refractivity contribution in [2.45, 2.75) is 71.1 Å². The first kappa shape index (κ1) is 20.1. The smallest absolute Gasteiger partial charge is 0.338 e. The molecule has 0 aromatic heterocycles. The average Bonchev–Trinajstić information content (AvgIpc) is 2.52. The molecule has 2 nitrogen and oxygen atoms in total. The second-order valence-corrected chi connectivity index (χ2v) is 6.62. The summed E-state index contributed by atoms with van der Waals surface area (Å²) in [5.41, 5.74) is 2.01. The fourth-order valence-electron chi connectivity index (χ4n) is 2.45. The van der Waals surface area contributed by atoms with Crippen molar-refractivity contribution in [2.75, 3.05) is 12.4 Å². The number of hydrogen-bond acceptors (Lipinski definition) is 3. The molecule has 1 aliphatic rings. The van der Waals surface area contributed by atoms with Gasteiger partial charge < -0.3 is 4.74 Å². The van der Waals surface area contributed by atoms with Gasteiger partial charge in [0.2, 0.25) is 0 Å². The van der Waals surface area contributed by atoms with Crippen molar-refractivity contribution < 1.29 is 9.53 Å². The quantitative estimate of drug-likeness (QED) is 0.357. The van der Waals surface area contributed by atoms with Crippen LogP contribution in [0.2, 0.25) is 0 Å². The Morgan fingerprint density at radius 2 is 1.74 bits per heavy atom. The maximum absolute atomic E-state index is 11.7. The highest BCUT2D eigenvalue weighted by Crippen LogP contribution is 2.36. The van der Waals surface area contributed by atoms with E-state index in [2.05, 4.69) is 38.6 Å². The second kappa shape index (κ2) is 12.5. The highest BCUT2D eigenvalue weighted by atomic mass is 32.1. The minimum absolute atomic E-state index is 0.214. The summed E-state index contributed by atoms with van der Waals surface area (Å²) >= 11 is 4.12. The fourth-order valence-corrected chi connectivity index (χ4v) is 2.67. The van der Waals surface area contributed by atoms with Crippen LogP contribution >= 0.6 is 12.6 Å². The van der Waals surface area contributed by atoms with Crippen LogP contribution in [-0.2, 0) is 4.74 Å². The summed E-state index contributed by atoms with van der Waals surface area (Å²) in [6.45, 7) is 4.91. The van der Waals surface area contributed by atoms with Crippen LogP contribution in [0.4, 0.5) is 0 Å². The summed E-state index contributed by atoms with van der Waals surface area (Å²) in [6, 6.07) is 7.89. The molecule has 0 saturated heterocycles. The second-order valence-electron chi connectivity index (χ2n) is 6.17. The summed E-state index contributed by atoms with van der Waals surface area (Å²) < 4.78 is 5.20. The zero-order chi connectivity index (χ0) is 16.9. The molecule has 0 atom stereocenters. The van der Waals surface area contributed by atoms with Gasteiger partial charge in [-0.2, -0.15) is 12.6 Å². The topological polar surface area (TPSA) is 26.3 Å². The van der Waals surface area contributed by atoms with Crippen molar-refractivity contribution in [3.8, 4) is 0 Å². The third kappa shape index (κ3) is 7.92. The SMILES string of the molecule is CCCCC.O=C(OCCCCS)c1ccc(C2CCC2)cc1. The maximum Gasteiger partial charge on any atom is 0.338 e. The minimum Gasteiger partial charge on any atom is -0.462 e. The number of carbonyl (C=O) groups excluding carboxylic acids is 1. The largest absolute Gasteiger partial charge is 0.462 e. The van der Waals surface area contributed by atoms with Crippen LogP contribution in [-0.4, -0.2) is 18.3 Å². The van der Waals surface area contributed by atoms with E-state index < -0.39 is 0 Å². The predicted molar refractivity (Wildman–Crippen MR) is 102 cm³/mol. The molecule has 130 valence electrons. The number of ether oxygens (including phenoxy) is 1. The zero-order valence-electron chi connectivity index (χ0n) is 14.7. The standard InChI is InChI=1S/C15H20O2S.C5H12/c16-15(17-10-1-2-11-18)14-8-6-13(7-9-14)12-4-3-5-12;1-3-5-4-2/h6-9,12,18H,1-5,10-11H2;3-5H2,1-2H3. The Bertz CT molecular complexity index is 422. The molecule has 23 heavy (non-hydrogen) atoms. The van der Waals surface area contributed by atoms with Gasteiger partial charge in [0.05, 0.1) is 12.2 Å². The van der Waals surface area contributed by atoms with Crippen LogP contribution < -0.4 is 0 Å². The van der Waals surface area contributed by atoms with E-state index in [1.807, 2.05) is 12.1 Å². The lowest BCUT2D eigenvalue weighted by molar-refractivity contribution is 0.0500. The minimum atomic E-state index is -0.214. The Morgan fingerprint density at radius 3 is 2.17 bits per heavy atom. The van der Waals surface area contributed by atoms with Gasteiger partial charge in [0.1, 0.15) is 0 Å². The van der Waals surface area contributed by atoms with Gasteiger partial charge in [-0.05, 0) is 55.1 Å². The summed E-state index contributed by atoms with van der Waals surface area (Å²) in [4.78, 5) is 11.7. The lowest BCUT2D eigenvalue weighted by Gasteiger charge is -2.25. The van der Waals surface area contributed by atoms with E-state index in [0.29, 0.717) is 18.1 Å². The van der Waals surface area contributed by atoms with Gasteiger partial charge in [-0.25, -0.2) is 4.79 Å². The molecule has 2 rings (SSSR count). The van der Waals surface area contributed by atoms with Crippen molar-refractivity contribution in [3.05, 3.63) is 35.4 Å². The summed E-state index contributed by atoms with van der Waals surface area (Å²) in [5.74, 6) is 1.34. The van der Waals surface area contributed by atoms with Crippen LogP contribution in [0.15, 0.2) is 24.3 Å². The number of rotatable bonds is 8. The van der Waals surface area contributed by atoms with Gasteiger partial charge in [0, 0.05) is 0 Å². The van der Waals surface area contributed by atoms with Gasteiger partial charge in [-0.15, -0.1) is 0 Å². The Hall–Kier alpha value is -0.960. The molecule has 0 unspecified atom stereocenters. The summed E-state index contributed by atoms with van der Waals surface area (Å²) in [7, 11) is 0. The van der Waals surface area contributed by atoms with E-state index in [0.717, 1.165) is 18.6 Å². The highest BCUT2D eigenvalue weighted by molar-refractivity contribution is 7.80. The molecule has 0 spiro atoms.